The summed E-state index contributed by atoms with van der Waals surface area (Å²) in [4.78, 5) is 12.1. The maximum absolute atomic E-state index is 12.1. The van der Waals surface area contributed by atoms with E-state index >= 15 is 0 Å². The predicted octanol–water partition coefficient (Wildman–Crippen LogP) is 3.34. The van der Waals surface area contributed by atoms with E-state index in [2.05, 4.69) is 15.6 Å². The second kappa shape index (κ2) is 5.77. The Morgan fingerprint density at radius 3 is 2.77 bits per heavy atom. The molecule has 1 N–H and O–H groups in total. The van der Waals surface area contributed by atoms with E-state index in [1.807, 2.05) is 26.0 Å². The Hall–Kier alpha value is -2.40. The van der Waals surface area contributed by atoms with Gasteiger partial charge in [-0.25, -0.2) is 4.68 Å². The molecule has 22 heavy (non-hydrogen) atoms. The second-order valence-electron chi connectivity index (χ2n) is 5.23. The number of aromatic nitrogens is 3. The molecule has 1 amide bonds. The molecule has 112 valence electrons. The van der Waals surface area contributed by atoms with Crippen LogP contribution in [0.25, 0.3) is 11.0 Å². The van der Waals surface area contributed by atoms with Crippen LogP contribution in [0.1, 0.15) is 11.1 Å². The summed E-state index contributed by atoms with van der Waals surface area (Å²) in [7, 11) is 0. The molecule has 0 fully saturated rings. The summed E-state index contributed by atoms with van der Waals surface area (Å²) < 4.78 is 1.60. The topological polar surface area (TPSA) is 59.8 Å². The smallest absolute Gasteiger partial charge is 0.246 e. The molecule has 0 aliphatic rings. The van der Waals surface area contributed by atoms with Crippen molar-refractivity contribution in [1.29, 1.82) is 0 Å². The van der Waals surface area contributed by atoms with Crippen molar-refractivity contribution in [1.82, 2.24) is 15.0 Å². The van der Waals surface area contributed by atoms with Crippen LogP contribution in [-0.2, 0) is 11.3 Å². The maximum atomic E-state index is 12.1. The lowest BCUT2D eigenvalue weighted by molar-refractivity contribution is -0.116. The Morgan fingerprint density at radius 2 is 2.00 bits per heavy atom. The Balaban J connectivity index is 1.81. The number of nitrogens with zero attached hydrogens (tertiary/aromatic N) is 3. The zero-order chi connectivity index (χ0) is 15.7. The van der Waals surface area contributed by atoms with E-state index in [4.69, 9.17) is 11.6 Å². The minimum absolute atomic E-state index is 0.103. The number of hydrogen-bond donors (Lipinski definition) is 1. The number of rotatable bonds is 3. The Morgan fingerprint density at radius 1 is 1.23 bits per heavy atom. The molecule has 0 aliphatic heterocycles. The van der Waals surface area contributed by atoms with E-state index < -0.39 is 0 Å². The van der Waals surface area contributed by atoms with Gasteiger partial charge in [0.15, 0.2) is 0 Å². The molecule has 0 bridgehead atoms. The number of fused-ring (bicyclic) bond motifs is 1. The fraction of sp³-hybridized carbons (Fsp3) is 0.188. The zero-order valence-electron chi connectivity index (χ0n) is 12.3. The standard InChI is InChI=1S/C16H15ClN4O/c1-10-6-14-15(7-11(10)2)21(20-19-14)9-16(22)18-13-5-3-4-12(17)8-13/h3-8H,9H2,1-2H3,(H,18,22). The minimum atomic E-state index is -0.174. The van der Waals surface area contributed by atoms with Crippen molar-refractivity contribution in [2.45, 2.75) is 20.4 Å². The molecule has 0 spiro atoms. The quantitative estimate of drug-likeness (QED) is 0.806. The van der Waals surface area contributed by atoms with Gasteiger partial charge in [0.25, 0.3) is 0 Å². The van der Waals surface area contributed by atoms with E-state index in [1.165, 1.54) is 0 Å². The molecule has 3 rings (SSSR count). The molecule has 6 heteroatoms. The number of hydrogen-bond acceptors (Lipinski definition) is 3. The first-order valence-corrected chi connectivity index (χ1v) is 7.26. The average Bonchev–Trinajstić information content (AvgIpc) is 2.81. The van der Waals surface area contributed by atoms with Crippen LogP contribution in [0, 0.1) is 13.8 Å². The summed E-state index contributed by atoms with van der Waals surface area (Å²) in [5.74, 6) is -0.174. The molecule has 0 saturated heterocycles. The highest BCUT2D eigenvalue weighted by atomic mass is 35.5. The third-order valence-electron chi connectivity index (χ3n) is 3.53. The van der Waals surface area contributed by atoms with Crippen molar-refractivity contribution >= 4 is 34.2 Å². The third-order valence-corrected chi connectivity index (χ3v) is 3.77. The molecular weight excluding hydrogens is 300 g/mol. The summed E-state index contributed by atoms with van der Waals surface area (Å²) >= 11 is 5.90. The van der Waals surface area contributed by atoms with Gasteiger partial charge < -0.3 is 5.32 Å². The number of carbonyl (C=O) groups is 1. The lowest BCUT2D eigenvalue weighted by atomic mass is 10.1. The SMILES string of the molecule is Cc1cc2nnn(CC(=O)Nc3cccc(Cl)c3)c2cc1C. The maximum Gasteiger partial charge on any atom is 0.246 e. The van der Waals surface area contributed by atoms with Crippen LogP contribution >= 0.6 is 11.6 Å². The molecule has 0 unspecified atom stereocenters. The van der Waals surface area contributed by atoms with Gasteiger partial charge in [0.05, 0.1) is 5.52 Å². The summed E-state index contributed by atoms with van der Waals surface area (Å²) in [6.45, 7) is 4.16. The van der Waals surface area contributed by atoms with Crippen molar-refractivity contribution in [3.05, 3.63) is 52.5 Å². The number of halogens is 1. The number of aryl methyl sites for hydroxylation is 2. The summed E-state index contributed by atoms with van der Waals surface area (Å²) in [5, 5.41) is 11.5. The molecule has 0 saturated carbocycles. The van der Waals surface area contributed by atoms with Gasteiger partial charge in [-0.05, 0) is 55.3 Å². The molecule has 0 atom stereocenters. The number of benzene rings is 2. The van der Waals surface area contributed by atoms with Gasteiger partial charge in [0, 0.05) is 10.7 Å². The van der Waals surface area contributed by atoms with Crippen LogP contribution in [-0.4, -0.2) is 20.9 Å². The predicted molar refractivity (Wildman–Crippen MR) is 87.1 cm³/mol. The molecule has 0 aliphatic carbocycles. The Kier molecular flexibility index (Phi) is 3.81. The van der Waals surface area contributed by atoms with Crippen molar-refractivity contribution < 1.29 is 4.79 Å². The monoisotopic (exact) mass is 314 g/mol. The molecule has 1 heterocycles. The first kappa shape index (κ1) is 14.5. The third kappa shape index (κ3) is 2.94. The van der Waals surface area contributed by atoms with Crippen LogP contribution in [0.4, 0.5) is 5.69 Å². The highest BCUT2D eigenvalue weighted by Gasteiger charge is 2.10. The normalized spacial score (nSPS) is 10.9. The minimum Gasteiger partial charge on any atom is -0.324 e. The number of amides is 1. The van der Waals surface area contributed by atoms with E-state index in [9.17, 15) is 4.79 Å². The van der Waals surface area contributed by atoms with Gasteiger partial charge in [-0.1, -0.05) is 22.9 Å². The molecular formula is C16H15ClN4O. The van der Waals surface area contributed by atoms with Gasteiger partial charge in [-0.2, -0.15) is 0 Å². The first-order valence-electron chi connectivity index (χ1n) is 6.89. The first-order chi connectivity index (χ1) is 10.5. The Bertz CT molecular complexity index is 856. The number of nitrogens with one attached hydrogen (secondary N) is 1. The average molecular weight is 315 g/mol. The van der Waals surface area contributed by atoms with Gasteiger partial charge in [0.2, 0.25) is 5.91 Å². The van der Waals surface area contributed by atoms with Crippen LogP contribution in [0.3, 0.4) is 0 Å². The van der Waals surface area contributed by atoms with Gasteiger partial charge in [0.1, 0.15) is 12.1 Å². The molecule has 2 aromatic carbocycles. The van der Waals surface area contributed by atoms with Gasteiger partial charge in [-0.15, -0.1) is 5.10 Å². The molecule has 1 aromatic heterocycles. The van der Waals surface area contributed by atoms with Gasteiger partial charge >= 0.3 is 0 Å². The van der Waals surface area contributed by atoms with Crippen molar-refractivity contribution in [3.63, 3.8) is 0 Å². The van der Waals surface area contributed by atoms with Crippen molar-refractivity contribution in [2.24, 2.45) is 0 Å². The molecule has 3 aromatic rings. The largest absolute Gasteiger partial charge is 0.324 e. The molecule has 0 radical (unpaired) electrons. The van der Waals surface area contributed by atoms with Crippen LogP contribution in [0.15, 0.2) is 36.4 Å². The fourth-order valence-corrected chi connectivity index (χ4v) is 2.43. The van der Waals surface area contributed by atoms with Crippen LogP contribution < -0.4 is 5.32 Å². The van der Waals surface area contributed by atoms with E-state index in [1.54, 1.807) is 28.9 Å². The summed E-state index contributed by atoms with van der Waals surface area (Å²) in [6.07, 6.45) is 0. The van der Waals surface area contributed by atoms with E-state index in [0.717, 1.165) is 22.2 Å². The van der Waals surface area contributed by atoms with E-state index in [-0.39, 0.29) is 12.5 Å². The van der Waals surface area contributed by atoms with Crippen LogP contribution in [0.2, 0.25) is 5.02 Å². The lowest BCUT2D eigenvalue weighted by Gasteiger charge is -2.06. The highest BCUT2D eigenvalue weighted by molar-refractivity contribution is 6.30. The highest BCUT2D eigenvalue weighted by Crippen LogP contribution is 2.18. The lowest BCUT2D eigenvalue weighted by Crippen LogP contribution is -2.19. The molecule has 5 nitrogen and oxygen atoms in total. The fourth-order valence-electron chi connectivity index (χ4n) is 2.24. The summed E-state index contributed by atoms with van der Waals surface area (Å²) in [5.41, 5.74) is 4.60. The number of carbonyl (C=O) groups excluding carboxylic acids is 1. The van der Waals surface area contributed by atoms with Crippen molar-refractivity contribution in [2.75, 3.05) is 5.32 Å². The number of anilines is 1. The zero-order valence-corrected chi connectivity index (χ0v) is 13.1. The summed E-state index contributed by atoms with van der Waals surface area (Å²) in [6, 6.07) is 11.0. The van der Waals surface area contributed by atoms with Gasteiger partial charge in [-0.3, -0.25) is 4.79 Å². The Labute approximate surface area is 132 Å². The second-order valence-corrected chi connectivity index (χ2v) is 5.67. The van der Waals surface area contributed by atoms with Crippen molar-refractivity contribution in [3.8, 4) is 0 Å². The van der Waals surface area contributed by atoms with Crippen LogP contribution in [0.5, 0.6) is 0 Å². The van der Waals surface area contributed by atoms with E-state index in [0.29, 0.717) is 10.7 Å².